The van der Waals surface area contributed by atoms with E-state index in [0.29, 0.717) is 10.6 Å². The Hall–Kier alpha value is -2.00. The third-order valence-corrected chi connectivity index (χ3v) is 3.00. The maximum atomic E-state index is 11.4. The number of para-hydroxylation sites is 1. The van der Waals surface area contributed by atoms with Crippen molar-refractivity contribution in [2.45, 2.75) is 0 Å². The first-order valence-corrected chi connectivity index (χ1v) is 5.85. The molecule has 0 bridgehead atoms. The molecule has 0 aliphatic rings. The quantitative estimate of drug-likeness (QED) is 0.921. The van der Waals surface area contributed by atoms with E-state index in [-0.39, 0.29) is 0 Å². The molecule has 0 heterocycles. The van der Waals surface area contributed by atoms with Crippen molar-refractivity contribution in [3.05, 3.63) is 59.1 Å². The number of benzene rings is 2. The Bertz CT molecular complexity index is 566. The SMILES string of the molecule is CN(c1ccc(Cl)cc1)c1ccccc1C(N)=O. The third kappa shape index (κ3) is 2.46. The van der Waals surface area contributed by atoms with Crippen LogP contribution in [0.3, 0.4) is 0 Å². The highest BCUT2D eigenvalue weighted by atomic mass is 35.5. The minimum Gasteiger partial charge on any atom is -0.366 e. The van der Waals surface area contributed by atoms with Gasteiger partial charge in [-0.05, 0) is 36.4 Å². The van der Waals surface area contributed by atoms with Crippen LogP contribution in [0.15, 0.2) is 48.5 Å². The standard InChI is InChI=1S/C14H13ClN2O/c1-17(11-8-6-10(15)7-9-11)13-5-3-2-4-12(13)14(16)18/h2-9H,1H3,(H2,16,18). The number of hydrogen-bond donors (Lipinski definition) is 1. The number of nitrogens with two attached hydrogens (primary N) is 1. The monoisotopic (exact) mass is 260 g/mol. The van der Waals surface area contributed by atoms with Gasteiger partial charge in [0.1, 0.15) is 0 Å². The van der Waals surface area contributed by atoms with Crippen molar-refractivity contribution in [3.8, 4) is 0 Å². The zero-order chi connectivity index (χ0) is 13.1. The van der Waals surface area contributed by atoms with Gasteiger partial charge in [0.2, 0.25) is 0 Å². The number of carbonyl (C=O) groups is 1. The number of nitrogens with zero attached hydrogens (tertiary/aromatic N) is 1. The van der Waals surface area contributed by atoms with E-state index in [2.05, 4.69) is 0 Å². The lowest BCUT2D eigenvalue weighted by molar-refractivity contribution is 0.100. The normalized spacial score (nSPS) is 10.1. The van der Waals surface area contributed by atoms with Crippen molar-refractivity contribution in [1.82, 2.24) is 0 Å². The second-order valence-electron chi connectivity index (χ2n) is 3.92. The first-order valence-electron chi connectivity index (χ1n) is 5.47. The average Bonchev–Trinajstić information content (AvgIpc) is 2.39. The molecule has 0 fully saturated rings. The molecule has 0 atom stereocenters. The molecule has 0 aliphatic carbocycles. The molecular weight excluding hydrogens is 248 g/mol. The third-order valence-electron chi connectivity index (χ3n) is 2.74. The van der Waals surface area contributed by atoms with Crippen LogP contribution >= 0.6 is 11.6 Å². The Morgan fingerprint density at radius 2 is 1.72 bits per heavy atom. The van der Waals surface area contributed by atoms with E-state index in [9.17, 15) is 4.79 Å². The fourth-order valence-electron chi connectivity index (χ4n) is 1.78. The smallest absolute Gasteiger partial charge is 0.250 e. The Morgan fingerprint density at radius 1 is 1.11 bits per heavy atom. The van der Waals surface area contributed by atoms with Crippen LogP contribution in [-0.4, -0.2) is 13.0 Å². The second kappa shape index (κ2) is 5.10. The van der Waals surface area contributed by atoms with Crippen molar-refractivity contribution in [1.29, 1.82) is 0 Å². The van der Waals surface area contributed by atoms with Crippen LogP contribution in [0, 0.1) is 0 Å². The minimum atomic E-state index is -0.439. The summed E-state index contributed by atoms with van der Waals surface area (Å²) in [5.74, 6) is -0.439. The van der Waals surface area contributed by atoms with Crippen LogP contribution in [0.4, 0.5) is 11.4 Å². The lowest BCUT2D eigenvalue weighted by atomic mass is 10.1. The van der Waals surface area contributed by atoms with Gasteiger partial charge in [-0.1, -0.05) is 23.7 Å². The molecule has 0 saturated carbocycles. The van der Waals surface area contributed by atoms with Crippen molar-refractivity contribution < 1.29 is 4.79 Å². The molecule has 0 unspecified atom stereocenters. The van der Waals surface area contributed by atoms with Crippen LogP contribution in [0.25, 0.3) is 0 Å². The predicted molar refractivity (Wildman–Crippen MR) is 74.5 cm³/mol. The maximum Gasteiger partial charge on any atom is 0.250 e. The molecule has 2 aromatic carbocycles. The fourth-order valence-corrected chi connectivity index (χ4v) is 1.90. The van der Waals surface area contributed by atoms with Crippen molar-refractivity contribution in [2.75, 3.05) is 11.9 Å². The molecule has 92 valence electrons. The largest absolute Gasteiger partial charge is 0.366 e. The molecule has 3 nitrogen and oxygen atoms in total. The summed E-state index contributed by atoms with van der Waals surface area (Å²) in [6.07, 6.45) is 0. The number of primary amides is 1. The molecule has 0 aliphatic heterocycles. The lowest BCUT2D eigenvalue weighted by Gasteiger charge is -2.21. The Balaban J connectivity index is 2.42. The van der Waals surface area contributed by atoms with Crippen molar-refractivity contribution in [3.63, 3.8) is 0 Å². The zero-order valence-electron chi connectivity index (χ0n) is 9.93. The van der Waals surface area contributed by atoms with E-state index in [4.69, 9.17) is 17.3 Å². The van der Waals surface area contributed by atoms with Gasteiger partial charge < -0.3 is 10.6 Å². The molecule has 0 saturated heterocycles. The van der Waals surface area contributed by atoms with Crippen LogP contribution in [-0.2, 0) is 0 Å². The van der Waals surface area contributed by atoms with Crippen molar-refractivity contribution in [2.24, 2.45) is 5.73 Å². The summed E-state index contributed by atoms with van der Waals surface area (Å²) in [5, 5.41) is 0.676. The van der Waals surface area contributed by atoms with Gasteiger partial charge in [0.15, 0.2) is 0 Å². The van der Waals surface area contributed by atoms with Crippen LogP contribution < -0.4 is 10.6 Å². The second-order valence-corrected chi connectivity index (χ2v) is 4.35. The summed E-state index contributed by atoms with van der Waals surface area (Å²) in [4.78, 5) is 13.3. The topological polar surface area (TPSA) is 46.3 Å². The number of rotatable bonds is 3. The van der Waals surface area contributed by atoms with Crippen LogP contribution in [0.5, 0.6) is 0 Å². The summed E-state index contributed by atoms with van der Waals surface area (Å²) >= 11 is 5.85. The first kappa shape index (κ1) is 12.5. The number of amides is 1. The highest BCUT2D eigenvalue weighted by Gasteiger charge is 2.12. The summed E-state index contributed by atoms with van der Waals surface area (Å²) < 4.78 is 0. The number of hydrogen-bond acceptors (Lipinski definition) is 2. The number of halogens is 1. The van der Waals surface area contributed by atoms with Gasteiger partial charge in [0, 0.05) is 17.8 Å². The van der Waals surface area contributed by atoms with E-state index in [0.717, 1.165) is 11.4 Å². The van der Waals surface area contributed by atoms with Crippen LogP contribution in [0.2, 0.25) is 5.02 Å². The Labute approximate surface area is 111 Å². The molecule has 0 aromatic heterocycles. The molecule has 2 N–H and O–H groups in total. The summed E-state index contributed by atoms with van der Waals surface area (Å²) in [6.45, 7) is 0. The van der Waals surface area contributed by atoms with Gasteiger partial charge >= 0.3 is 0 Å². The molecule has 0 radical (unpaired) electrons. The number of carbonyl (C=O) groups excluding carboxylic acids is 1. The molecule has 2 rings (SSSR count). The van der Waals surface area contributed by atoms with Crippen LogP contribution in [0.1, 0.15) is 10.4 Å². The zero-order valence-corrected chi connectivity index (χ0v) is 10.7. The summed E-state index contributed by atoms with van der Waals surface area (Å²) in [6, 6.07) is 14.6. The van der Waals surface area contributed by atoms with E-state index in [1.165, 1.54) is 0 Å². The van der Waals surface area contributed by atoms with Gasteiger partial charge in [-0.15, -0.1) is 0 Å². The highest BCUT2D eigenvalue weighted by molar-refractivity contribution is 6.30. The van der Waals surface area contributed by atoms with Gasteiger partial charge in [-0.3, -0.25) is 4.79 Å². The molecule has 18 heavy (non-hydrogen) atoms. The number of anilines is 2. The maximum absolute atomic E-state index is 11.4. The van der Waals surface area contributed by atoms with E-state index >= 15 is 0 Å². The lowest BCUT2D eigenvalue weighted by Crippen LogP contribution is -2.18. The predicted octanol–water partition coefficient (Wildman–Crippen LogP) is 3.21. The minimum absolute atomic E-state index is 0.439. The molecule has 1 amide bonds. The van der Waals surface area contributed by atoms with E-state index < -0.39 is 5.91 Å². The van der Waals surface area contributed by atoms with Gasteiger partial charge in [-0.25, -0.2) is 0 Å². The fraction of sp³-hybridized carbons (Fsp3) is 0.0714. The molecule has 0 spiro atoms. The summed E-state index contributed by atoms with van der Waals surface area (Å²) in [7, 11) is 1.88. The Kier molecular flexibility index (Phi) is 3.53. The molecule has 2 aromatic rings. The molecule has 4 heteroatoms. The Morgan fingerprint density at radius 3 is 2.33 bits per heavy atom. The van der Waals surface area contributed by atoms with Gasteiger partial charge in [0.05, 0.1) is 11.3 Å². The van der Waals surface area contributed by atoms with E-state index in [1.54, 1.807) is 24.3 Å². The average molecular weight is 261 g/mol. The van der Waals surface area contributed by atoms with Crippen molar-refractivity contribution >= 4 is 28.9 Å². The highest BCUT2D eigenvalue weighted by Crippen LogP contribution is 2.27. The summed E-state index contributed by atoms with van der Waals surface area (Å²) in [5.41, 5.74) is 7.57. The van der Waals surface area contributed by atoms with E-state index in [1.807, 2.05) is 36.2 Å². The first-order chi connectivity index (χ1) is 8.59. The van der Waals surface area contributed by atoms with Gasteiger partial charge in [0.25, 0.3) is 5.91 Å². The van der Waals surface area contributed by atoms with Gasteiger partial charge in [-0.2, -0.15) is 0 Å². The molecular formula is C14H13ClN2O.